The smallest absolute Gasteiger partial charge is 0.314 e. The summed E-state index contributed by atoms with van der Waals surface area (Å²) in [6, 6.07) is 8.11. The van der Waals surface area contributed by atoms with E-state index in [0.29, 0.717) is 0 Å². The molecule has 6 heteroatoms. The summed E-state index contributed by atoms with van der Waals surface area (Å²) in [6.07, 6.45) is 0.236. The Labute approximate surface area is 112 Å². The third-order valence-electron chi connectivity index (χ3n) is 3.50. The third kappa shape index (κ3) is 2.26. The largest absolute Gasteiger partial charge is 0.465 e. The van der Waals surface area contributed by atoms with Gasteiger partial charge in [0.05, 0.1) is 22.2 Å². The SMILES string of the molecule is CCOC(=O)[C@@]1(CN)C[C@H]1S(=O)(=O)c1ccccc1. The predicted molar refractivity (Wildman–Crippen MR) is 70.2 cm³/mol. The number of carbonyl (C=O) groups is 1. The second kappa shape index (κ2) is 4.94. The van der Waals surface area contributed by atoms with Gasteiger partial charge in [-0.25, -0.2) is 8.42 Å². The van der Waals surface area contributed by atoms with Crippen molar-refractivity contribution in [3.05, 3.63) is 30.3 Å². The monoisotopic (exact) mass is 283 g/mol. The van der Waals surface area contributed by atoms with Crippen LogP contribution in [-0.2, 0) is 19.4 Å². The van der Waals surface area contributed by atoms with Crippen LogP contribution in [0.4, 0.5) is 0 Å². The van der Waals surface area contributed by atoms with Gasteiger partial charge < -0.3 is 10.5 Å². The summed E-state index contributed by atoms with van der Waals surface area (Å²) >= 11 is 0. The summed E-state index contributed by atoms with van der Waals surface area (Å²) < 4.78 is 29.8. The van der Waals surface area contributed by atoms with Gasteiger partial charge in [0.1, 0.15) is 0 Å². The van der Waals surface area contributed by atoms with Gasteiger partial charge in [0.15, 0.2) is 9.84 Å². The maximum absolute atomic E-state index is 12.4. The first-order chi connectivity index (χ1) is 8.99. The lowest BCUT2D eigenvalue weighted by molar-refractivity contribution is -0.149. The van der Waals surface area contributed by atoms with E-state index in [2.05, 4.69) is 0 Å². The number of nitrogens with two attached hydrogens (primary N) is 1. The van der Waals surface area contributed by atoms with Gasteiger partial charge in [0, 0.05) is 6.54 Å². The standard InChI is InChI=1S/C13H17NO4S/c1-2-18-12(15)13(9-14)8-11(13)19(16,17)10-6-4-3-5-7-10/h3-7,11H,2,8-9,14H2,1H3/t11-,13-/m1/s1. The van der Waals surface area contributed by atoms with Crippen LogP contribution in [0.5, 0.6) is 0 Å². The van der Waals surface area contributed by atoms with Crippen molar-refractivity contribution in [1.82, 2.24) is 0 Å². The number of sulfone groups is 1. The molecule has 0 saturated heterocycles. The summed E-state index contributed by atoms with van der Waals surface area (Å²) in [4.78, 5) is 12.1. The van der Waals surface area contributed by atoms with E-state index >= 15 is 0 Å². The quantitative estimate of drug-likeness (QED) is 0.805. The number of rotatable bonds is 5. The molecule has 2 N–H and O–H groups in total. The molecule has 0 amide bonds. The molecule has 0 aromatic heterocycles. The van der Waals surface area contributed by atoms with Gasteiger partial charge in [-0.1, -0.05) is 18.2 Å². The average Bonchev–Trinajstić information content (AvgIpc) is 3.17. The first-order valence-electron chi connectivity index (χ1n) is 6.15. The second-order valence-electron chi connectivity index (χ2n) is 4.63. The second-order valence-corrected chi connectivity index (χ2v) is 6.76. The molecule has 2 rings (SSSR count). The normalized spacial score (nSPS) is 25.9. The molecule has 0 heterocycles. The molecular formula is C13H17NO4S. The minimum absolute atomic E-state index is 0.0113. The topological polar surface area (TPSA) is 86.5 Å². The van der Waals surface area contributed by atoms with Gasteiger partial charge in [-0.2, -0.15) is 0 Å². The van der Waals surface area contributed by atoms with Crippen LogP contribution in [0.15, 0.2) is 35.2 Å². The fourth-order valence-corrected chi connectivity index (χ4v) is 4.41. The van der Waals surface area contributed by atoms with Gasteiger partial charge in [-0.15, -0.1) is 0 Å². The zero-order valence-electron chi connectivity index (χ0n) is 10.7. The Morgan fingerprint density at radius 1 is 1.42 bits per heavy atom. The highest BCUT2D eigenvalue weighted by Crippen LogP contribution is 2.52. The molecule has 1 aliphatic rings. The van der Waals surface area contributed by atoms with Crippen LogP contribution in [0.2, 0.25) is 0 Å². The molecule has 1 aromatic carbocycles. The molecule has 0 bridgehead atoms. The lowest BCUT2D eigenvalue weighted by Crippen LogP contribution is -2.33. The van der Waals surface area contributed by atoms with E-state index < -0.39 is 26.5 Å². The van der Waals surface area contributed by atoms with Crippen molar-refractivity contribution in [2.24, 2.45) is 11.1 Å². The molecule has 1 saturated carbocycles. The van der Waals surface area contributed by atoms with Crippen LogP contribution in [-0.4, -0.2) is 32.8 Å². The fraction of sp³-hybridized carbons (Fsp3) is 0.462. The zero-order valence-corrected chi connectivity index (χ0v) is 11.5. The lowest BCUT2D eigenvalue weighted by Gasteiger charge is -2.13. The minimum Gasteiger partial charge on any atom is -0.465 e. The molecule has 1 fully saturated rings. The predicted octanol–water partition coefficient (Wildman–Crippen LogP) is 0.741. The lowest BCUT2D eigenvalue weighted by atomic mass is 10.1. The Bertz CT molecular complexity index is 570. The van der Waals surface area contributed by atoms with E-state index in [-0.39, 0.29) is 24.5 Å². The summed E-state index contributed by atoms with van der Waals surface area (Å²) in [6.45, 7) is 1.90. The zero-order chi connectivity index (χ0) is 14.1. The average molecular weight is 283 g/mol. The Hall–Kier alpha value is -1.40. The van der Waals surface area contributed by atoms with E-state index in [0.717, 1.165) is 0 Å². The summed E-state index contributed by atoms with van der Waals surface area (Å²) in [5.41, 5.74) is 4.54. The van der Waals surface area contributed by atoms with Crippen molar-refractivity contribution in [2.75, 3.05) is 13.2 Å². The molecular weight excluding hydrogens is 266 g/mol. The van der Waals surface area contributed by atoms with Crippen LogP contribution in [0.1, 0.15) is 13.3 Å². The molecule has 0 aliphatic heterocycles. The van der Waals surface area contributed by atoms with Gasteiger partial charge in [-0.05, 0) is 25.5 Å². The molecule has 19 heavy (non-hydrogen) atoms. The van der Waals surface area contributed by atoms with Crippen molar-refractivity contribution >= 4 is 15.8 Å². The maximum Gasteiger partial charge on any atom is 0.314 e. The molecule has 1 aromatic rings. The van der Waals surface area contributed by atoms with E-state index in [1.54, 1.807) is 25.1 Å². The number of esters is 1. The first-order valence-corrected chi connectivity index (χ1v) is 7.70. The minimum atomic E-state index is -3.53. The van der Waals surface area contributed by atoms with Crippen LogP contribution in [0.3, 0.4) is 0 Å². The van der Waals surface area contributed by atoms with E-state index in [1.165, 1.54) is 12.1 Å². The molecule has 0 spiro atoms. The highest BCUT2D eigenvalue weighted by Gasteiger charge is 2.66. The molecule has 1 aliphatic carbocycles. The number of ether oxygens (including phenoxy) is 1. The summed E-state index contributed by atoms with van der Waals surface area (Å²) in [5.74, 6) is -0.512. The Morgan fingerprint density at radius 2 is 2.05 bits per heavy atom. The van der Waals surface area contributed by atoms with Crippen molar-refractivity contribution < 1.29 is 17.9 Å². The molecule has 5 nitrogen and oxygen atoms in total. The highest BCUT2D eigenvalue weighted by molar-refractivity contribution is 7.92. The first kappa shape index (κ1) is 14.0. The molecule has 2 atom stereocenters. The highest BCUT2D eigenvalue weighted by atomic mass is 32.2. The number of hydrogen-bond donors (Lipinski definition) is 1. The van der Waals surface area contributed by atoms with Gasteiger partial charge >= 0.3 is 5.97 Å². The Morgan fingerprint density at radius 3 is 2.58 bits per heavy atom. The van der Waals surface area contributed by atoms with Gasteiger partial charge in [0.25, 0.3) is 0 Å². The van der Waals surface area contributed by atoms with Crippen molar-refractivity contribution in [1.29, 1.82) is 0 Å². The van der Waals surface area contributed by atoms with Crippen LogP contribution >= 0.6 is 0 Å². The van der Waals surface area contributed by atoms with E-state index in [1.807, 2.05) is 0 Å². The summed E-state index contributed by atoms with van der Waals surface area (Å²) in [5, 5.41) is -0.772. The van der Waals surface area contributed by atoms with E-state index in [9.17, 15) is 13.2 Å². The molecule has 0 radical (unpaired) electrons. The van der Waals surface area contributed by atoms with Gasteiger partial charge in [0.2, 0.25) is 0 Å². The Balaban J connectivity index is 2.28. The Kier molecular flexibility index (Phi) is 3.64. The maximum atomic E-state index is 12.4. The van der Waals surface area contributed by atoms with Crippen molar-refractivity contribution in [3.8, 4) is 0 Å². The molecule has 0 unspecified atom stereocenters. The van der Waals surface area contributed by atoms with Crippen LogP contribution in [0, 0.1) is 5.41 Å². The third-order valence-corrected chi connectivity index (χ3v) is 5.79. The number of benzene rings is 1. The fourth-order valence-electron chi connectivity index (χ4n) is 2.24. The number of hydrogen-bond acceptors (Lipinski definition) is 5. The van der Waals surface area contributed by atoms with Crippen molar-refractivity contribution in [3.63, 3.8) is 0 Å². The number of carbonyl (C=O) groups excluding carboxylic acids is 1. The van der Waals surface area contributed by atoms with Gasteiger partial charge in [-0.3, -0.25) is 4.79 Å². The van der Waals surface area contributed by atoms with E-state index in [4.69, 9.17) is 10.5 Å². The van der Waals surface area contributed by atoms with Crippen molar-refractivity contribution in [2.45, 2.75) is 23.5 Å². The molecule has 104 valence electrons. The van der Waals surface area contributed by atoms with Crippen LogP contribution in [0.25, 0.3) is 0 Å². The summed E-state index contributed by atoms with van der Waals surface area (Å²) in [7, 11) is -3.53. The van der Waals surface area contributed by atoms with Crippen LogP contribution < -0.4 is 5.73 Å².